The van der Waals surface area contributed by atoms with E-state index in [0.29, 0.717) is 11.4 Å². The molecule has 4 nitrogen and oxygen atoms in total. The number of aliphatic hydroxyl groups excluding tert-OH is 1. The van der Waals surface area contributed by atoms with Gasteiger partial charge in [0.15, 0.2) is 0 Å². The molecule has 0 spiro atoms. The highest BCUT2D eigenvalue weighted by Crippen LogP contribution is 2.24. The van der Waals surface area contributed by atoms with Gasteiger partial charge in [0.05, 0.1) is 6.10 Å². The molecule has 2 atom stereocenters. The fourth-order valence-electron chi connectivity index (χ4n) is 2.20. The van der Waals surface area contributed by atoms with Crippen LogP contribution in [0.5, 0.6) is 5.75 Å². The maximum atomic E-state index is 11.1. The Morgan fingerprint density at radius 2 is 2.00 bits per heavy atom. The van der Waals surface area contributed by atoms with Crippen molar-refractivity contribution in [2.24, 2.45) is 0 Å². The van der Waals surface area contributed by atoms with Gasteiger partial charge in [-0.1, -0.05) is 13.0 Å². The maximum Gasteiger partial charge on any atom is 0.247 e. The fraction of sp³-hybridized carbons (Fsp3) is 0.400. The van der Waals surface area contributed by atoms with Crippen LogP contribution in [0.25, 0.3) is 0 Å². The quantitative estimate of drug-likeness (QED) is 0.819. The number of hydrogen-bond donors (Lipinski definition) is 2. The van der Waals surface area contributed by atoms with Crippen molar-refractivity contribution in [3.05, 3.63) is 36.9 Å². The molecule has 2 N–H and O–H groups in total. The van der Waals surface area contributed by atoms with E-state index in [1.54, 1.807) is 24.3 Å². The summed E-state index contributed by atoms with van der Waals surface area (Å²) < 4.78 is 5.77. The van der Waals surface area contributed by atoms with Crippen LogP contribution < -0.4 is 10.1 Å². The molecule has 0 aromatic heterocycles. The van der Waals surface area contributed by atoms with Gasteiger partial charge in [0.2, 0.25) is 5.91 Å². The second-order valence-electron chi connectivity index (χ2n) is 4.73. The van der Waals surface area contributed by atoms with Crippen LogP contribution in [0.4, 0.5) is 5.69 Å². The molecule has 4 heteroatoms. The largest absolute Gasteiger partial charge is 0.488 e. The topological polar surface area (TPSA) is 58.6 Å². The summed E-state index contributed by atoms with van der Waals surface area (Å²) in [5.41, 5.74) is 0.696. The summed E-state index contributed by atoms with van der Waals surface area (Å²) in [4.78, 5) is 11.1. The van der Waals surface area contributed by atoms with Gasteiger partial charge in [0, 0.05) is 5.69 Å². The number of nitrogens with one attached hydrogen (secondary N) is 1. The van der Waals surface area contributed by atoms with Gasteiger partial charge in [0.1, 0.15) is 11.9 Å². The van der Waals surface area contributed by atoms with E-state index in [1.165, 1.54) is 6.08 Å². The van der Waals surface area contributed by atoms with Gasteiger partial charge in [-0.2, -0.15) is 0 Å². The molecule has 0 heterocycles. The van der Waals surface area contributed by atoms with Crippen LogP contribution in [-0.4, -0.2) is 23.2 Å². The minimum absolute atomic E-state index is 0.123. The van der Waals surface area contributed by atoms with E-state index < -0.39 is 0 Å². The van der Waals surface area contributed by atoms with Gasteiger partial charge >= 0.3 is 0 Å². The standard InChI is InChI=1S/C15H19NO3/c1-2-15(18)16-11-7-9-12(10-8-11)19-14-6-4-3-5-13(14)17/h2,7-10,13-14,17H,1,3-6H2,(H,16,18)/t13-,14-/m1/s1. The van der Waals surface area contributed by atoms with Crippen molar-refractivity contribution < 1.29 is 14.6 Å². The monoisotopic (exact) mass is 261 g/mol. The summed E-state index contributed by atoms with van der Waals surface area (Å²) in [6.07, 6.45) is 4.57. The van der Waals surface area contributed by atoms with Gasteiger partial charge in [-0.3, -0.25) is 4.79 Å². The number of benzene rings is 1. The zero-order valence-electron chi connectivity index (χ0n) is 10.8. The van der Waals surface area contributed by atoms with Crippen molar-refractivity contribution in [1.82, 2.24) is 0 Å². The summed E-state index contributed by atoms with van der Waals surface area (Å²) in [6, 6.07) is 7.12. The Bertz CT molecular complexity index is 441. The summed E-state index contributed by atoms with van der Waals surface area (Å²) in [6.45, 7) is 3.40. The lowest BCUT2D eigenvalue weighted by Gasteiger charge is -2.28. The van der Waals surface area contributed by atoms with Gasteiger partial charge in [0.25, 0.3) is 0 Å². The second kappa shape index (κ2) is 6.38. The zero-order chi connectivity index (χ0) is 13.7. The number of hydrogen-bond acceptors (Lipinski definition) is 3. The molecule has 1 aliphatic carbocycles. The Labute approximate surface area is 113 Å². The molecule has 102 valence electrons. The molecule has 0 unspecified atom stereocenters. The van der Waals surface area contributed by atoms with E-state index in [9.17, 15) is 9.90 Å². The van der Waals surface area contributed by atoms with Crippen LogP contribution in [0, 0.1) is 0 Å². The first kappa shape index (κ1) is 13.6. The molecular formula is C15H19NO3. The van der Waals surface area contributed by atoms with E-state index in [-0.39, 0.29) is 18.1 Å². The van der Waals surface area contributed by atoms with Crippen LogP contribution in [0.3, 0.4) is 0 Å². The summed E-state index contributed by atoms with van der Waals surface area (Å²) in [5, 5.41) is 12.5. The molecule has 0 saturated heterocycles. The van der Waals surface area contributed by atoms with Crippen LogP contribution in [0.1, 0.15) is 25.7 Å². The van der Waals surface area contributed by atoms with E-state index >= 15 is 0 Å². The van der Waals surface area contributed by atoms with E-state index in [1.807, 2.05) is 0 Å². The number of aliphatic hydroxyl groups is 1. The summed E-state index contributed by atoms with van der Waals surface area (Å²) in [5.74, 6) is 0.471. The lowest BCUT2D eigenvalue weighted by atomic mass is 9.95. The highest BCUT2D eigenvalue weighted by molar-refractivity contribution is 5.98. The van der Waals surface area contributed by atoms with Crippen molar-refractivity contribution in [3.8, 4) is 5.75 Å². The smallest absolute Gasteiger partial charge is 0.247 e. The predicted octanol–water partition coefficient (Wildman–Crippen LogP) is 2.49. The van der Waals surface area contributed by atoms with Crippen LogP contribution in [-0.2, 0) is 4.79 Å². The minimum atomic E-state index is -0.381. The Kier molecular flexibility index (Phi) is 4.58. The number of anilines is 1. The van der Waals surface area contributed by atoms with E-state index in [0.717, 1.165) is 25.7 Å². The molecule has 1 aromatic carbocycles. The Balaban J connectivity index is 1.94. The predicted molar refractivity (Wildman–Crippen MR) is 74.2 cm³/mol. The SMILES string of the molecule is C=CC(=O)Nc1ccc(O[C@@H]2CCCC[C@H]2O)cc1. The zero-order valence-corrected chi connectivity index (χ0v) is 10.8. The van der Waals surface area contributed by atoms with Crippen molar-refractivity contribution in [2.45, 2.75) is 37.9 Å². The Morgan fingerprint density at radius 3 is 2.63 bits per heavy atom. The first-order chi connectivity index (χ1) is 9.19. The lowest BCUT2D eigenvalue weighted by Crippen LogP contribution is -2.34. The summed E-state index contributed by atoms with van der Waals surface area (Å²) in [7, 11) is 0. The van der Waals surface area contributed by atoms with Gasteiger partial charge < -0.3 is 15.2 Å². The number of carbonyl (C=O) groups is 1. The molecule has 2 rings (SSSR count). The van der Waals surface area contributed by atoms with Crippen molar-refractivity contribution >= 4 is 11.6 Å². The molecule has 1 saturated carbocycles. The first-order valence-electron chi connectivity index (χ1n) is 6.57. The molecule has 0 aliphatic heterocycles. The summed E-state index contributed by atoms with van der Waals surface area (Å²) >= 11 is 0. The number of amides is 1. The number of ether oxygens (including phenoxy) is 1. The van der Waals surface area contributed by atoms with E-state index in [2.05, 4.69) is 11.9 Å². The molecule has 1 amide bonds. The average Bonchev–Trinajstić information content (AvgIpc) is 2.43. The first-order valence-corrected chi connectivity index (χ1v) is 6.57. The normalized spacial score (nSPS) is 22.6. The van der Waals surface area contributed by atoms with E-state index in [4.69, 9.17) is 4.74 Å². The molecule has 0 radical (unpaired) electrons. The third kappa shape index (κ3) is 3.83. The fourth-order valence-corrected chi connectivity index (χ4v) is 2.20. The van der Waals surface area contributed by atoms with Crippen LogP contribution in [0.15, 0.2) is 36.9 Å². The van der Waals surface area contributed by atoms with Gasteiger partial charge in [-0.25, -0.2) is 0 Å². The highest BCUT2D eigenvalue weighted by atomic mass is 16.5. The average molecular weight is 261 g/mol. The number of rotatable bonds is 4. The molecule has 1 aliphatic rings. The molecule has 19 heavy (non-hydrogen) atoms. The van der Waals surface area contributed by atoms with Crippen LogP contribution >= 0.6 is 0 Å². The Hall–Kier alpha value is -1.81. The molecular weight excluding hydrogens is 242 g/mol. The third-order valence-corrected chi connectivity index (χ3v) is 3.26. The van der Waals surface area contributed by atoms with Gasteiger partial charge in [-0.05, 0) is 49.6 Å². The molecule has 1 fully saturated rings. The molecule has 0 bridgehead atoms. The van der Waals surface area contributed by atoms with Crippen LogP contribution in [0.2, 0.25) is 0 Å². The lowest BCUT2D eigenvalue weighted by molar-refractivity contribution is -0.111. The van der Waals surface area contributed by atoms with Crippen molar-refractivity contribution in [1.29, 1.82) is 0 Å². The van der Waals surface area contributed by atoms with Crippen molar-refractivity contribution in [2.75, 3.05) is 5.32 Å². The second-order valence-corrected chi connectivity index (χ2v) is 4.73. The third-order valence-electron chi connectivity index (χ3n) is 3.26. The van der Waals surface area contributed by atoms with Crippen molar-refractivity contribution in [3.63, 3.8) is 0 Å². The van der Waals surface area contributed by atoms with Gasteiger partial charge in [-0.15, -0.1) is 0 Å². The highest BCUT2D eigenvalue weighted by Gasteiger charge is 2.24. The molecule has 1 aromatic rings. The number of carbonyl (C=O) groups excluding carboxylic acids is 1. The Morgan fingerprint density at radius 1 is 1.32 bits per heavy atom. The maximum absolute atomic E-state index is 11.1. The minimum Gasteiger partial charge on any atom is -0.488 e.